The lowest BCUT2D eigenvalue weighted by Gasteiger charge is -2.13. The highest BCUT2D eigenvalue weighted by Crippen LogP contribution is 2.26. The number of hydrogen-bond donors (Lipinski definition) is 2. The largest absolute Gasteiger partial charge is 0.479 e. The lowest BCUT2D eigenvalue weighted by molar-refractivity contribution is -0.147. The van der Waals surface area contributed by atoms with Crippen LogP contribution in [-0.2, 0) is 11.2 Å². The summed E-state index contributed by atoms with van der Waals surface area (Å²) in [5.41, 5.74) is 1.08. The van der Waals surface area contributed by atoms with Crippen molar-refractivity contribution in [2.45, 2.75) is 18.9 Å². The third-order valence-electron chi connectivity index (χ3n) is 2.24. The Bertz CT molecular complexity index is 381. The lowest BCUT2D eigenvalue weighted by atomic mass is 9.99. The standard InChI is InChI=1S/C11H12BrClO3/c12-6-2-4-7-8(10(14)11(15)16)3-1-5-9(7)13/h1,3,5,10,14H,2,4,6H2,(H,15,16). The van der Waals surface area contributed by atoms with Crippen LogP contribution in [0.25, 0.3) is 0 Å². The molecule has 0 aliphatic rings. The summed E-state index contributed by atoms with van der Waals surface area (Å²) in [6, 6.07) is 4.93. The fraction of sp³-hybridized carbons (Fsp3) is 0.364. The van der Waals surface area contributed by atoms with Crippen molar-refractivity contribution in [2.24, 2.45) is 0 Å². The van der Waals surface area contributed by atoms with E-state index in [1.807, 2.05) is 0 Å². The van der Waals surface area contributed by atoms with Crippen molar-refractivity contribution >= 4 is 33.5 Å². The van der Waals surface area contributed by atoms with Gasteiger partial charge in [0.15, 0.2) is 6.10 Å². The molecule has 0 heterocycles. The maximum atomic E-state index is 10.7. The van der Waals surface area contributed by atoms with Crippen LogP contribution in [0, 0.1) is 0 Å². The monoisotopic (exact) mass is 306 g/mol. The first-order chi connectivity index (χ1) is 7.57. The topological polar surface area (TPSA) is 57.5 Å². The van der Waals surface area contributed by atoms with E-state index in [0.717, 1.165) is 11.8 Å². The normalized spacial score (nSPS) is 12.4. The molecular weight excluding hydrogens is 295 g/mol. The van der Waals surface area contributed by atoms with Crippen LogP contribution < -0.4 is 0 Å². The summed E-state index contributed by atoms with van der Waals surface area (Å²) < 4.78 is 0. The summed E-state index contributed by atoms with van der Waals surface area (Å²) in [7, 11) is 0. The van der Waals surface area contributed by atoms with Crippen LogP contribution in [0.3, 0.4) is 0 Å². The summed E-state index contributed by atoms with van der Waals surface area (Å²) in [5, 5.41) is 19.6. The number of hydrogen-bond acceptors (Lipinski definition) is 2. The molecule has 88 valence electrons. The molecule has 2 N–H and O–H groups in total. The van der Waals surface area contributed by atoms with Crippen molar-refractivity contribution in [1.29, 1.82) is 0 Å². The molecule has 1 atom stereocenters. The minimum Gasteiger partial charge on any atom is -0.479 e. The van der Waals surface area contributed by atoms with E-state index in [2.05, 4.69) is 15.9 Å². The average Bonchev–Trinajstić information content (AvgIpc) is 2.26. The molecule has 0 radical (unpaired) electrons. The van der Waals surface area contributed by atoms with Gasteiger partial charge in [0.2, 0.25) is 0 Å². The van der Waals surface area contributed by atoms with Crippen LogP contribution in [-0.4, -0.2) is 21.5 Å². The van der Waals surface area contributed by atoms with Crippen LogP contribution in [0.2, 0.25) is 5.02 Å². The molecule has 1 aromatic rings. The van der Waals surface area contributed by atoms with Gasteiger partial charge in [-0.1, -0.05) is 39.7 Å². The first-order valence-electron chi connectivity index (χ1n) is 4.82. The maximum Gasteiger partial charge on any atom is 0.337 e. The second-order valence-electron chi connectivity index (χ2n) is 3.34. The Labute approximate surface area is 107 Å². The van der Waals surface area contributed by atoms with Crippen LogP contribution >= 0.6 is 27.5 Å². The van der Waals surface area contributed by atoms with Gasteiger partial charge in [-0.05, 0) is 30.0 Å². The van der Waals surface area contributed by atoms with Crippen molar-refractivity contribution < 1.29 is 15.0 Å². The zero-order valence-electron chi connectivity index (χ0n) is 8.49. The average molecular weight is 308 g/mol. The van der Waals surface area contributed by atoms with Crippen molar-refractivity contribution in [1.82, 2.24) is 0 Å². The summed E-state index contributed by atoms with van der Waals surface area (Å²) in [6.07, 6.45) is -0.0303. The van der Waals surface area contributed by atoms with Gasteiger partial charge in [-0.2, -0.15) is 0 Å². The molecule has 0 aromatic heterocycles. The second kappa shape index (κ2) is 6.23. The summed E-state index contributed by atoms with van der Waals surface area (Å²) >= 11 is 9.29. The Morgan fingerprint density at radius 1 is 1.50 bits per heavy atom. The van der Waals surface area contributed by atoms with Crippen molar-refractivity contribution in [3.05, 3.63) is 34.3 Å². The summed E-state index contributed by atoms with van der Waals surface area (Å²) in [6.45, 7) is 0. The number of alkyl halides is 1. The van der Waals surface area contributed by atoms with Gasteiger partial charge in [0, 0.05) is 10.4 Å². The van der Waals surface area contributed by atoms with Gasteiger partial charge in [-0.25, -0.2) is 4.79 Å². The third-order valence-corrected chi connectivity index (χ3v) is 3.16. The molecular formula is C11H12BrClO3. The molecule has 1 rings (SSSR count). The molecule has 1 aromatic carbocycles. The molecule has 0 bridgehead atoms. The van der Waals surface area contributed by atoms with Crippen LogP contribution in [0.4, 0.5) is 0 Å². The van der Waals surface area contributed by atoms with E-state index in [-0.39, 0.29) is 0 Å². The highest BCUT2D eigenvalue weighted by atomic mass is 79.9. The number of aliphatic carboxylic acids is 1. The van der Waals surface area contributed by atoms with Gasteiger partial charge in [0.05, 0.1) is 0 Å². The molecule has 0 saturated carbocycles. The number of halogens is 2. The molecule has 0 aliphatic carbocycles. The van der Waals surface area contributed by atoms with Crippen LogP contribution in [0.1, 0.15) is 23.7 Å². The lowest BCUT2D eigenvalue weighted by Crippen LogP contribution is -2.13. The number of rotatable bonds is 5. The third kappa shape index (κ3) is 3.20. The molecule has 0 amide bonds. The Morgan fingerprint density at radius 2 is 2.19 bits per heavy atom. The SMILES string of the molecule is O=C(O)C(O)c1cccc(Cl)c1CCCBr. The molecule has 16 heavy (non-hydrogen) atoms. The molecule has 3 nitrogen and oxygen atoms in total. The minimum absolute atomic E-state index is 0.376. The molecule has 0 saturated heterocycles. The predicted octanol–water partition coefficient (Wildman–Crippen LogP) is 2.79. The summed E-state index contributed by atoms with van der Waals surface area (Å²) in [5.74, 6) is -1.26. The van der Waals surface area contributed by atoms with E-state index >= 15 is 0 Å². The van der Waals surface area contributed by atoms with Crippen LogP contribution in [0.5, 0.6) is 0 Å². The number of benzene rings is 1. The van der Waals surface area contributed by atoms with Crippen molar-refractivity contribution in [2.75, 3.05) is 5.33 Å². The highest BCUT2D eigenvalue weighted by Gasteiger charge is 2.20. The Morgan fingerprint density at radius 3 is 2.75 bits per heavy atom. The van der Waals surface area contributed by atoms with E-state index in [1.54, 1.807) is 18.2 Å². The number of carboxylic acids is 1. The van der Waals surface area contributed by atoms with E-state index < -0.39 is 12.1 Å². The number of carbonyl (C=O) groups is 1. The quantitative estimate of drug-likeness (QED) is 0.822. The Balaban J connectivity index is 3.06. The van der Waals surface area contributed by atoms with E-state index in [0.29, 0.717) is 22.6 Å². The van der Waals surface area contributed by atoms with Gasteiger partial charge in [-0.15, -0.1) is 0 Å². The van der Waals surface area contributed by atoms with Gasteiger partial charge in [0.25, 0.3) is 0 Å². The fourth-order valence-corrected chi connectivity index (χ4v) is 2.03. The molecule has 0 spiro atoms. The van der Waals surface area contributed by atoms with Gasteiger partial charge < -0.3 is 10.2 Å². The summed E-state index contributed by atoms with van der Waals surface area (Å²) in [4.78, 5) is 10.7. The zero-order chi connectivity index (χ0) is 12.1. The van der Waals surface area contributed by atoms with E-state index in [1.165, 1.54) is 0 Å². The van der Waals surface area contributed by atoms with Crippen molar-refractivity contribution in [3.63, 3.8) is 0 Å². The van der Waals surface area contributed by atoms with Gasteiger partial charge in [-0.3, -0.25) is 0 Å². The number of aliphatic hydroxyl groups excluding tert-OH is 1. The molecule has 1 unspecified atom stereocenters. The fourth-order valence-electron chi connectivity index (χ4n) is 1.47. The van der Waals surface area contributed by atoms with Crippen molar-refractivity contribution in [3.8, 4) is 0 Å². The van der Waals surface area contributed by atoms with E-state index in [9.17, 15) is 9.90 Å². The Kier molecular flexibility index (Phi) is 5.25. The van der Waals surface area contributed by atoms with Gasteiger partial charge >= 0.3 is 5.97 Å². The first-order valence-corrected chi connectivity index (χ1v) is 6.32. The van der Waals surface area contributed by atoms with Crippen LogP contribution in [0.15, 0.2) is 18.2 Å². The second-order valence-corrected chi connectivity index (χ2v) is 4.54. The smallest absolute Gasteiger partial charge is 0.337 e. The number of aliphatic hydroxyl groups is 1. The number of carboxylic acid groups (broad SMARTS) is 1. The Hall–Kier alpha value is -0.580. The molecule has 5 heteroatoms. The highest BCUT2D eigenvalue weighted by molar-refractivity contribution is 9.09. The van der Waals surface area contributed by atoms with E-state index in [4.69, 9.17) is 16.7 Å². The zero-order valence-corrected chi connectivity index (χ0v) is 10.8. The predicted molar refractivity (Wildman–Crippen MR) is 66.2 cm³/mol. The molecule has 0 aliphatic heterocycles. The first kappa shape index (κ1) is 13.5. The molecule has 0 fully saturated rings. The maximum absolute atomic E-state index is 10.7. The van der Waals surface area contributed by atoms with Gasteiger partial charge in [0.1, 0.15) is 0 Å². The minimum atomic E-state index is -1.51.